The van der Waals surface area contributed by atoms with Crippen molar-refractivity contribution < 1.29 is 13.5 Å². The number of hydrogen-bond donors (Lipinski definition) is 2. The second-order valence-corrected chi connectivity index (χ2v) is 8.94. The van der Waals surface area contributed by atoms with E-state index in [1.807, 2.05) is 11.5 Å². The van der Waals surface area contributed by atoms with Gasteiger partial charge in [-0.1, -0.05) is 34.0 Å². The number of rotatable bonds is 5. The van der Waals surface area contributed by atoms with Crippen molar-refractivity contribution in [3.8, 4) is 5.75 Å². The second-order valence-electron chi connectivity index (χ2n) is 5.96. The highest BCUT2D eigenvalue weighted by atomic mass is 79.9. The topological polar surface area (TPSA) is 84.2 Å². The summed E-state index contributed by atoms with van der Waals surface area (Å²) in [4.78, 5) is 3.96. The average molecular weight is 435 g/mol. The Morgan fingerprint density at radius 2 is 2.17 bits per heavy atom. The molecule has 1 aromatic heterocycles. The van der Waals surface area contributed by atoms with E-state index in [1.54, 1.807) is 6.20 Å². The number of aromatic nitrogens is 2. The predicted octanol–water partition coefficient (Wildman–Crippen LogP) is 3.91. The summed E-state index contributed by atoms with van der Waals surface area (Å²) in [5, 5.41) is 9.91. The Kier molecular flexibility index (Phi) is 4.81. The number of imidazole rings is 1. The second kappa shape index (κ2) is 6.57. The summed E-state index contributed by atoms with van der Waals surface area (Å²) < 4.78 is 29.9. The largest absolute Gasteiger partial charge is 0.505 e. The molecule has 24 heavy (non-hydrogen) atoms. The SMILES string of the molecule is Cc1nc(NS(=O)(=O)c2cc(Br)cc(Cl)c2O)cn1CC1CCC1. The lowest BCUT2D eigenvalue weighted by Crippen LogP contribution is -2.18. The van der Waals surface area contributed by atoms with E-state index in [2.05, 4.69) is 25.6 Å². The van der Waals surface area contributed by atoms with Crippen molar-refractivity contribution >= 4 is 43.4 Å². The summed E-state index contributed by atoms with van der Waals surface area (Å²) in [6.07, 6.45) is 5.33. The first-order chi connectivity index (χ1) is 11.3. The highest BCUT2D eigenvalue weighted by Crippen LogP contribution is 2.35. The number of hydrogen-bond acceptors (Lipinski definition) is 4. The summed E-state index contributed by atoms with van der Waals surface area (Å²) in [7, 11) is -4.00. The molecule has 130 valence electrons. The van der Waals surface area contributed by atoms with Crippen LogP contribution in [0.5, 0.6) is 5.75 Å². The van der Waals surface area contributed by atoms with Gasteiger partial charge in [0.2, 0.25) is 0 Å². The molecule has 1 aromatic carbocycles. The van der Waals surface area contributed by atoms with Crippen LogP contribution in [0.2, 0.25) is 5.02 Å². The summed E-state index contributed by atoms with van der Waals surface area (Å²) in [6.45, 7) is 2.68. The van der Waals surface area contributed by atoms with Crippen LogP contribution in [0.3, 0.4) is 0 Å². The zero-order valence-electron chi connectivity index (χ0n) is 13.0. The maximum absolute atomic E-state index is 12.5. The quantitative estimate of drug-likeness (QED) is 0.747. The van der Waals surface area contributed by atoms with E-state index in [9.17, 15) is 13.5 Å². The zero-order chi connectivity index (χ0) is 17.5. The Hall–Kier alpha value is -1.25. The molecular formula is C15H17BrClN3O3S. The van der Waals surface area contributed by atoms with Gasteiger partial charge in [-0.3, -0.25) is 4.72 Å². The van der Waals surface area contributed by atoms with Crippen molar-refractivity contribution in [2.45, 2.75) is 37.6 Å². The number of phenols is 1. The number of halogens is 2. The predicted molar refractivity (Wildman–Crippen MR) is 95.9 cm³/mol. The molecule has 3 rings (SSSR count). The van der Waals surface area contributed by atoms with E-state index in [-0.39, 0.29) is 15.7 Å². The van der Waals surface area contributed by atoms with Crippen LogP contribution < -0.4 is 4.72 Å². The Morgan fingerprint density at radius 3 is 2.79 bits per heavy atom. The fourth-order valence-corrected chi connectivity index (χ4v) is 4.78. The summed E-state index contributed by atoms with van der Waals surface area (Å²) in [5.74, 6) is 1.12. The molecule has 0 spiro atoms. The molecule has 0 atom stereocenters. The monoisotopic (exact) mass is 433 g/mol. The van der Waals surface area contributed by atoms with Crippen molar-refractivity contribution in [2.75, 3.05) is 4.72 Å². The molecule has 1 saturated carbocycles. The maximum Gasteiger partial charge on any atom is 0.266 e. The van der Waals surface area contributed by atoms with E-state index in [1.165, 1.54) is 31.4 Å². The molecule has 1 heterocycles. The van der Waals surface area contributed by atoms with Crippen molar-refractivity contribution in [1.82, 2.24) is 9.55 Å². The average Bonchev–Trinajstić information content (AvgIpc) is 2.77. The van der Waals surface area contributed by atoms with Crippen molar-refractivity contribution in [1.29, 1.82) is 0 Å². The number of aromatic hydroxyl groups is 1. The minimum atomic E-state index is -4.00. The van der Waals surface area contributed by atoms with Crippen LogP contribution in [-0.2, 0) is 16.6 Å². The number of sulfonamides is 1. The van der Waals surface area contributed by atoms with Gasteiger partial charge in [-0.15, -0.1) is 0 Å². The zero-order valence-corrected chi connectivity index (χ0v) is 16.1. The summed E-state index contributed by atoms with van der Waals surface area (Å²) in [6, 6.07) is 2.72. The molecule has 1 fully saturated rings. The number of benzene rings is 1. The number of anilines is 1. The summed E-state index contributed by atoms with van der Waals surface area (Å²) in [5.41, 5.74) is 0. The third-order valence-corrected chi connectivity index (χ3v) is 6.29. The molecule has 2 aromatic rings. The first-order valence-electron chi connectivity index (χ1n) is 7.51. The van der Waals surface area contributed by atoms with E-state index < -0.39 is 15.8 Å². The molecule has 6 nitrogen and oxygen atoms in total. The van der Waals surface area contributed by atoms with Gasteiger partial charge in [0.25, 0.3) is 10.0 Å². The van der Waals surface area contributed by atoms with Gasteiger partial charge in [0.05, 0.1) is 5.02 Å². The minimum absolute atomic E-state index is 0.0450. The molecule has 0 unspecified atom stereocenters. The van der Waals surface area contributed by atoms with Gasteiger partial charge in [-0.05, 0) is 37.8 Å². The van der Waals surface area contributed by atoms with Crippen LogP contribution >= 0.6 is 27.5 Å². The molecular weight excluding hydrogens is 418 g/mol. The van der Waals surface area contributed by atoms with Crippen LogP contribution in [0.1, 0.15) is 25.1 Å². The molecule has 2 N–H and O–H groups in total. The first-order valence-corrected chi connectivity index (χ1v) is 10.2. The normalized spacial score (nSPS) is 15.3. The molecule has 0 saturated heterocycles. The van der Waals surface area contributed by atoms with Gasteiger partial charge in [0.1, 0.15) is 10.7 Å². The van der Waals surface area contributed by atoms with Crippen LogP contribution in [-0.4, -0.2) is 23.1 Å². The molecule has 0 aliphatic heterocycles. The van der Waals surface area contributed by atoms with Gasteiger partial charge in [-0.25, -0.2) is 13.4 Å². The van der Waals surface area contributed by atoms with Gasteiger partial charge < -0.3 is 9.67 Å². The van der Waals surface area contributed by atoms with Crippen molar-refractivity contribution in [3.63, 3.8) is 0 Å². The van der Waals surface area contributed by atoms with Gasteiger partial charge >= 0.3 is 0 Å². The van der Waals surface area contributed by atoms with E-state index >= 15 is 0 Å². The molecule has 0 amide bonds. The minimum Gasteiger partial charge on any atom is -0.505 e. The van der Waals surface area contributed by atoms with E-state index in [4.69, 9.17) is 11.6 Å². The van der Waals surface area contributed by atoms with E-state index in [0.29, 0.717) is 10.4 Å². The molecule has 9 heteroatoms. The van der Waals surface area contributed by atoms with E-state index in [0.717, 1.165) is 12.4 Å². The maximum atomic E-state index is 12.5. The molecule has 1 aliphatic carbocycles. The van der Waals surface area contributed by atoms with Crippen molar-refractivity contribution in [3.05, 3.63) is 33.6 Å². The lowest BCUT2D eigenvalue weighted by molar-refractivity contribution is 0.275. The number of nitrogens with one attached hydrogen (secondary N) is 1. The van der Waals surface area contributed by atoms with Crippen molar-refractivity contribution in [2.24, 2.45) is 5.92 Å². The Labute approximate surface area is 154 Å². The van der Waals surface area contributed by atoms with Crippen LogP contribution in [0.15, 0.2) is 27.7 Å². The van der Waals surface area contributed by atoms with Crippen LogP contribution in [0.25, 0.3) is 0 Å². The fraction of sp³-hybridized carbons (Fsp3) is 0.400. The van der Waals surface area contributed by atoms with Gasteiger partial charge in [-0.2, -0.15) is 0 Å². The van der Waals surface area contributed by atoms with Crippen LogP contribution in [0.4, 0.5) is 5.82 Å². The Bertz CT molecular complexity index is 878. The highest BCUT2D eigenvalue weighted by Gasteiger charge is 2.24. The Morgan fingerprint density at radius 1 is 1.46 bits per heavy atom. The molecule has 0 bridgehead atoms. The van der Waals surface area contributed by atoms with Gasteiger partial charge in [0.15, 0.2) is 11.6 Å². The third kappa shape index (κ3) is 3.55. The molecule has 0 radical (unpaired) electrons. The lowest BCUT2D eigenvalue weighted by atomic mass is 9.85. The van der Waals surface area contributed by atoms with Crippen LogP contribution in [0, 0.1) is 12.8 Å². The molecule has 1 aliphatic rings. The first kappa shape index (κ1) is 17.6. The lowest BCUT2D eigenvalue weighted by Gasteiger charge is -2.25. The third-order valence-electron chi connectivity index (χ3n) is 4.18. The number of phenolic OH excluding ortho intramolecular Hbond substituents is 1. The number of nitrogens with zero attached hydrogens (tertiary/aromatic N) is 2. The highest BCUT2D eigenvalue weighted by molar-refractivity contribution is 9.10. The smallest absolute Gasteiger partial charge is 0.266 e. The van der Waals surface area contributed by atoms with Gasteiger partial charge in [0, 0.05) is 17.2 Å². The summed E-state index contributed by atoms with van der Waals surface area (Å²) >= 11 is 9.02. The standard InChI is InChI=1S/C15H17BrClN3O3S/c1-9-18-14(8-20(9)7-10-3-2-4-10)19-24(22,23)13-6-11(16)5-12(17)15(13)21/h5-6,8,10,19,21H,2-4,7H2,1H3. The number of aryl methyl sites for hydroxylation is 1. The fourth-order valence-electron chi connectivity index (χ4n) is 2.64. The Balaban J connectivity index is 1.86.